The molecule has 1 aromatic heterocycles. The van der Waals surface area contributed by atoms with Crippen molar-refractivity contribution in [3.05, 3.63) is 47.9 Å². The molecular formula is C17H23N2O3+. The van der Waals surface area contributed by atoms with Gasteiger partial charge in [-0.3, -0.25) is 4.79 Å². The molecule has 0 aliphatic carbocycles. The minimum atomic E-state index is -0.213. The highest BCUT2D eigenvalue weighted by Crippen LogP contribution is 2.22. The standard InChI is InChI=1S/C17H22N2O3/c1-12-9-10-14(22-12)11-19(3)13(2)17(20)18-15-7-5-6-8-16(15)21-4/h5-10,13H,11H2,1-4H3,(H,18,20)/p+1/t13-/m0/s1. The number of nitrogens with one attached hydrogen (secondary N) is 2. The van der Waals surface area contributed by atoms with Crippen LogP contribution in [0.4, 0.5) is 5.69 Å². The first-order valence-electron chi connectivity index (χ1n) is 7.32. The van der Waals surface area contributed by atoms with Crippen LogP contribution in [0.1, 0.15) is 18.4 Å². The number of amides is 1. The fourth-order valence-electron chi connectivity index (χ4n) is 2.22. The lowest BCUT2D eigenvalue weighted by atomic mass is 10.2. The Morgan fingerprint density at radius 1 is 1.32 bits per heavy atom. The van der Waals surface area contributed by atoms with Crippen LogP contribution in [-0.4, -0.2) is 26.1 Å². The fraction of sp³-hybridized carbons (Fsp3) is 0.353. The molecule has 0 aliphatic rings. The number of carbonyl (C=O) groups is 1. The SMILES string of the molecule is COc1ccccc1NC(=O)[C@H](C)[NH+](C)Cc1ccc(C)o1. The van der Waals surface area contributed by atoms with E-state index < -0.39 is 0 Å². The topological polar surface area (TPSA) is 55.9 Å². The molecule has 1 unspecified atom stereocenters. The quantitative estimate of drug-likeness (QED) is 0.853. The summed E-state index contributed by atoms with van der Waals surface area (Å²) in [4.78, 5) is 13.5. The molecule has 0 saturated heterocycles. The molecule has 1 heterocycles. The molecule has 1 aromatic carbocycles. The minimum Gasteiger partial charge on any atom is -0.495 e. The highest BCUT2D eigenvalue weighted by molar-refractivity contribution is 5.94. The van der Waals surface area contributed by atoms with Crippen molar-refractivity contribution in [3.8, 4) is 5.75 Å². The maximum Gasteiger partial charge on any atom is 0.282 e. The van der Waals surface area contributed by atoms with Gasteiger partial charge in [0.25, 0.3) is 5.91 Å². The van der Waals surface area contributed by atoms with Gasteiger partial charge in [0.05, 0.1) is 19.8 Å². The van der Waals surface area contributed by atoms with E-state index in [2.05, 4.69) is 5.32 Å². The third-order valence-corrected chi connectivity index (χ3v) is 3.75. The van der Waals surface area contributed by atoms with Gasteiger partial charge < -0.3 is 19.4 Å². The number of para-hydroxylation sites is 2. The van der Waals surface area contributed by atoms with Crippen molar-refractivity contribution < 1.29 is 18.8 Å². The van der Waals surface area contributed by atoms with Gasteiger partial charge in [-0.25, -0.2) is 0 Å². The van der Waals surface area contributed by atoms with Crippen molar-refractivity contribution in [1.29, 1.82) is 0 Å². The molecule has 118 valence electrons. The normalized spacial score (nSPS) is 13.5. The largest absolute Gasteiger partial charge is 0.495 e. The van der Waals surface area contributed by atoms with Crippen LogP contribution in [-0.2, 0) is 11.3 Å². The van der Waals surface area contributed by atoms with E-state index in [-0.39, 0.29) is 11.9 Å². The third-order valence-electron chi connectivity index (χ3n) is 3.75. The molecular weight excluding hydrogens is 280 g/mol. The Hall–Kier alpha value is -2.27. The van der Waals surface area contributed by atoms with Gasteiger partial charge in [0, 0.05) is 0 Å². The minimum absolute atomic E-state index is 0.0507. The first-order valence-corrected chi connectivity index (χ1v) is 7.32. The van der Waals surface area contributed by atoms with Crippen LogP contribution in [0, 0.1) is 6.92 Å². The number of ether oxygens (including phenoxy) is 1. The Morgan fingerprint density at radius 3 is 2.68 bits per heavy atom. The van der Waals surface area contributed by atoms with E-state index in [0.717, 1.165) is 16.4 Å². The Bertz CT molecular complexity index is 636. The molecule has 0 saturated carbocycles. The van der Waals surface area contributed by atoms with Crippen LogP contribution in [0.2, 0.25) is 0 Å². The summed E-state index contributed by atoms with van der Waals surface area (Å²) < 4.78 is 10.8. The number of rotatable bonds is 6. The molecule has 0 aliphatic heterocycles. The highest BCUT2D eigenvalue weighted by Gasteiger charge is 2.23. The third kappa shape index (κ3) is 3.89. The average Bonchev–Trinajstić information content (AvgIpc) is 2.92. The van der Waals surface area contributed by atoms with E-state index in [4.69, 9.17) is 9.15 Å². The zero-order valence-electron chi connectivity index (χ0n) is 13.5. The zero-order valence-corrected chi connectivity index (χ0v) is 13.5. The van der Waals surface area contributed by atoms with Gasteiger partial charge in [-0.05, 0) is 38.1 Å². The number of aryl methyl sites for hydroxylation is 1. The van der Waals surface area contributed by atoms with Crippen molar-refractivity contribution in [2.45, 2.75) is 26.4 Å². The van der Waals surface area contributed by atoms with Crippen molar-refractivity contribution in [2.75, 3.05) is 19.5 Å². The van der Waals surface area contributed by atoms with E-state index >= 15 is 0 Å². The molecule has 0 radical (unpaired) electrons. The van der Waals surface area contributed by atoms with E-state index in [0.29, 0.717) is 18.0 Å². The number of hydrogen-bond donors (Lipinski definition) is 2. The summed E-state index contributed by atoms with van der Waals surface area (Å²) in [5.41, 5.74) is 0.684. The maximum absolute atomic E-state index is 12.4. The summed E-state index contributed by atoms with van der Waals surface area (Å²) >= 11 is 0. The molecule has 0 spiro atoms. The molecule has 2 rings (SSSR count). The predicted octanol–water partition coefficient (Wildman–Crippen LogP) is 1.64. The summed E-state index contributed by atoms with van der Waals surface area (Å²) in [6.07, 6.45) is 0. The Balaban J connectivity index is 1.99. The number of methoxy groups -OCH3 is 1. The van der Waals surface area contributed by atoms with E-state index in [1.54, 1.807) is 7.11 Å². The van der Waals surface area contributed by atoms with Crippen LogP contribution in [0.3, 0.4) is 0 Å². The van der Waals surface area contributed by atoms with Crippen LogP contribution in [0.25, 0.3) is 0 Å². The Morgan fingerprint density at radius 2 is 2.05 bits per heavy atom. The second-order valence-corrected chi connectivity index (χ2v) is 5.45. The molecule has 2 aromatic rings. The number of carbonyl (C=O) groups excluding carboxylic acids is 1. The van der Waals surface area contributed by atoms with Crippen LogP contribution in [0.15, 0.2) is 40.8 Å². The lowest BCUT2D eigenvalue weighted by Crippen LogP contribution is -3.12. The molecule has 5 nitrogen and oxygen atoms in total. The van der Waals surface area contributed by atoms with Crippen molar-refractivity contribution >= 4 is 11.6 Å². The molecule has 2 N–H and O–H groups in total. The lowest BCUT2D eigenvalue weighted by molar-refractivity contribution is -0.908. The second kappa shape index (κ2) is 7.13. The number of likely N-dealkylation sites (N-methyl/N-ethyl adjacent to an activating group) is 1. The average molecular weight is 303 g/mol. The maximum atomic E-state index is 12.4. The summed E-state index contributed by atoms with van der Waals surface area (Å²) in [5.74, 6) is 2.37. The number of anilines is 1. The van der Waals surface area contributed by atoms with E-state index in [1.807, 2.05) is 57.3 Å². The van der Waals surface area contributed by atoms with Crippen molar-refractivity contribution in [2.24, 2.45) is 0 Å². The van der Waals surface area contributed by atoms with Gasteiger partial charge in [0.2, 0.25) is 0 Å². The first kappa shape index (κ1) is 16.1. The van der Waals surface area contributed by atoms with Crippen molar-refractivity contribution in [1.82, 2.24) is 0 Å². The fourth-order valence-corrected chi connectivity index (χ4v) is 2.22. The number of furan rings is 1. The first-order chi connectivity index (χ1) is 10.5. The number of hydrogen-bond acceptors (Lipinski definition) is 3. The van der Waals surface area contributed by atoms with Crippen LogP contribution < -0.4 is 15.0 Å². The molecule has 1 amide bonds. The number of benzene rings is 1. The predicted molar refractivity (Wildman–Crippen MR) is 85.1 cm³/mol. The molecule has 22 heavy (non-hydrogen) atoms. The molecule has 5 heteroatoms. The van der Waals surface area contributed by atoms with Crippen LogP contribution >= 0.6 is 0 Å². The Labute approximate surface area is 130 Å². The molecule has 2 atom stereocenters. The van der Waals surface area contributed by atoms with Gasteiger partial charge in [-0.2, -0.15) is 0 Å². The molecule has 0 fully saturated rings. The Kier molecular flexibility index (Phi) is 5.22. The summed E-state index contributed by atoms with van der Waals surface area (Å²) in [6, 6.07) is 11.1. The van der Waals surface area contributed by atoms with Gasteiger partial charge in [-0.15, -0.1) is 0 Å². The summed E-state index contributed by atoms with van der Waals surface area (Å²) in [7, 11) is 3.56. The monoisotopic (exact) mass is 303 g/mol. The second-order valence-electron chi connectivity index (χ2n) is 5.45. The lowest BCUT2D eigenvalue weighted by Gasteiger charge is -2.20. The zero-order chi connectivity index (χ0) is 16.1. The molecule has 0 bridgehead atoms. The number of quaternary nitrogens is 1. The van der Waals surface area contributed by atoms with Crippen molar-refractivity contribution in [3.63, 3.8) is 0 Å². The summed E-state index contributed by atoms with van der Waals surface area (Å²) in [5, 5.41) is 2.92. The van der Waals surface area contributed by atoms with Gasteiger partial charge in [0.1, 0.15) is 18.1 Å². The van der Waals surface area contributed by atoms with Crippen LogP contribution in [0.5, 0.6) is 5.75 Å². The summed E-state index contributed by atoms with van der Waals surface area (Å²) in [6.45, 7) is 4.47. The highest BCUT2D eigenvalue weighted by atomic mass is 16.5. The smallest absolute Gasteiger partial charge is 0.282 e. The van der Waals surface area contributed by atoms with Gasteiger partial charge in [0.15, 0.2) is 11.8 Å². The van der Waals surface area contributed by atoms with Gasteiger partial charge in [-0.1, -0.05) is 12.1 Å². The van der Waals surface area contributed by atoms with E-state index in [1.165, 1.54) is 0 Å². The van der Waals surface area contributed by atoms with E-state index in [9.17, 15) is 4.79 Å². The van der Waals surface area contributed by atoms with Gasteiger partial charge >= 0.3 is 0 Å².